The molecule has 2 N–H and O–H groups in total. The third kappa shape index (κ3) is 3.27. The molecule has 1 aromatic rings. The molecule has 0 aromatic carbocycles. The van der Waals surface area contributed by atoms with Crippen molar-refractivity contribution in [1.29, 1.82) is 0 Å². The van der Waals surface area contributed by atoms with Crippen molar-refractivity contribution in [2.45, 2.75) is 37.8 Å². The van der Waals surface area contributed by atoms with Crippen LogP contribution in [0.1, 0.15) is 26.7 Å². The quantitative estimate of drug-likeness (QED) is 0.826. The SMILES string of the molecule is CN(C)C(C)(C)CNC(=O)C1(n2cccn2)CCNCC1. The zero-order chi connectivity index (χ0) is 15.5. The van der Waals surface area contributed by atoms with Gasteiger partial charge in [0.2, 0.25) is 5.91 Å². The van der Waals surface area contributed by atoms with Gasteiger partial charge in [-0.2, -0.15) is 5.10 Å². The maximum atomic E-state index is 12.9. The lowest BCUT2D eigenvalue weighted by Gasteiger charge is -2.38. The molecular weight excluding hydrogens is 266 g/mol. The summed E-state index contributed by atoms with van der Waals surface area (Å²) in [5.41, 5.74) is -0.634. The molecule has 1 aliphatic rings. The maximum absolute atomic E-state index is 12.9. The highest BCUT2D eigenvalue weighted by molar-refractivity contribution is 5.84. The fourth-order valence-corrected chi connectivity index (χ4v) is 2.54. The molecule has 0 bridgehead atoms. The Morgan fingerprint density at radius 1 is 1.43 bits per heavy atom. The van der Waals surface area contributed by atoms with Gasteiger partial charge in [0.25, 0.3) is 0 Å². The summed E-state index contributed by atoms with van der Waals surface area (Å²) in [5, 5.41) is 10.8. The first-order chi connectivity index (χ1) is 9.88. The van der Waals surface area contributed by atoms with E-state index in [1.54, 1.807) is 6.20 Å². The number of nitrogens with zero attached hydrogens (tertiary/aromatic N) is 3. The number of likely N-dealkylation sites (N-methyl/N-ethyl adjacent to an activating group) is 1. The lowest BCUT2D eigenvalue weighted by Crippen LogP contribution is -2.57. The molecule has 2 heterocycles. The van der Waals surface area contributed by atoms with Crippen molar-refractivity contribution >= 4 is 5.91 Å². The van der Waals surface area contributed by atoms with Gasteiger partial charge < -0.3 is 15.5 Å². The molecule has 0 unspecified atom stereocenters. The van der Waals surface area contributed by atoms with Gasteiger partial charge in [0.05, 0.1) is 0 Å². The van der Waals surface area contributed by atoms with Crippen molar-refractivity contribution < 1.29 is 4.79 Å². The van der Waals surface area contributed by atoms with Crippen molar-refractivity contribution in [3.63, 3.8) is 0 Å². The first-order valence-corrected chi connectivity index (χ1v) is 7.55. The Hall–Kier alpha value is -1.40. The van der Waals surface area contributed by atoms with Crippen molar-refractivity contribution in [1.82, 2.24) is 25.3 Å². The van der Waals surface area contributed by atoms with Gasteiger partial charge in [0.1, 0.15) is 5.54 Å². The summed E-state index contributed by atoms with van der Waals surface area (Å²) in [6.45, 7) is 6.54. The van der Waals surface area contributed by atoms with E-state index < -0.39 is 5.54 Å². The van der Waals surface area contributed by atoms with E-state index in [1.165, 1.54) is 0 Å². The average molecular weight is 293 g/mol. The molecule has 0 saturated carbocycles. The molecular formula is C15H27N5O. The van der Waals surface area contributed by atoms with E-state index in [0.29, 0.717) is 6.54 Å². The minimum absolute atomic E-state index is 0.0719. The molecule has 1 saturated heterocycles. The van der Waals surface area contributed by atoms with Gasteiger partial charge >= 0.3 is 0 Å². The summed E-state index contributed by atoms with van der Waals surface area (Å²) in [4.78, 5) is 15.0. The minimum atomic E-state index is -0.558. The Balaban J connectivity index is 2.13. The molecule has 6 heteroatoms. The highest BCUT2D eigenvalue weighted by atomic mass is 16.2. The van der Waals surface area contributed by atoms with Crippen LogP contribution in [0.5, 0.6) is 0 Å². The largest absolute Gasteiger partial charge is 0.352 e. The van der Waals surface area contributed by atoms with E-state index >= 15 is 0 Å². The van der Waals surface area contributed by atoms with Crippen molar-refractivity contribution in [3.8, 4) is 0 Å². The molecule has 0 atom stereocenters. The molecule has 1 amide bonds. The van der Waals surface area contributed by atoms with E-state index in [4.69, 9.17) is 0 Å². The summed E-state index contributed by atoms with van der Waals surface area (Å²) in [6.07, 6.45) is 5.16. The van der Waals surface area contributed by atoms with Gasteiger partial charge in [-0.05, 0) is 59.9 Å². The Kier molecular flexibility index (Phi) is 4.68. The molecule has 1 fully saturated rings. The molecule has 0 spiro atoms. The second kappa shape index (κ2) is 6.15. The Bertz CT molecular complexity index is 460. The second-order valence-corrected chi connectivity index (χ2v) is 6.62. The van der Waals surface area contributed by atoms with Crippen LogP contribution in [0.15, 0.2) is 18.5 Å². The summed E-state index contributed by atoms with van der Waals surface area (Å²) < 4.78 is 1.83. The van der Waals surface area contributed by atoms with Gasteiger partial charge in [0, 0.05) is 24.5 Å². The summed E-state index contributed by atoms with van der Waals surface area (Å²) in [5.74, 6) is 0.0719. The van der Waals surface area contributed by atoms with E-state index in [0.717, 1.165) is 25.9 Å². The number of rotatable bonds is 5. The van der Waals surface area contributed by atoms with Crippen LogP contribution >= 0.6 is 0 Å². The van der Waals surface area contributed by atoms with Crippen LogP contribution in [0.3, 0.4) is 0 Å². The minimum Gasteiger partial charge on any atom is -0.352 e. The summed E-state index contributed by atoms with van der Waals surface area (Å²) in [7, 11) is 4.06. The maximum Gasteiger partial charge on any atom is 0.248 e. The number of piperidine rings is 1. The fourth-order valence-electron chi connectivity index (χ4n) is 2.54. The second-order valence-electron chi connectivity index (χ2n) is 6.62. The zero-order valence-electron chi connectivity index (χ0n) is 13.5. The topological polar surface area (TPSA) is 62.2 Å². The third-order valence-electron chi connectivity index (χ3n) is 4.69. The van der Waals surface area contributed by atoms with Crippen LogP contribution in [0.25, 0.3) is 0 Å². The predicted octanol–water partition coefficient (Wildman–Crippen LogP) is 0.418. The molecule has 1 aromatic heterocycles. The molecule has 21 heavy (non-hydrogen) atoms. The lowest BCUT2D eigenvalue weighted by molar-refractivity contribution is -0.132. The van der Waals surface area contributed by atoms with Crippen LogP contribution < -0.4 is 10.6 Å². The number of amides is 1. The number of carbonyl (C=O) groups excluding carboxylic acids is 1. The lowest BCUT2D eigenvalue weighted by atomic mass is 9.87. The molecule has 0 aliphatic carbocycles. The van der Waals surface area contributed by atoms with Crippen LogP contribution in [0, 0.1) is 0 Å². The fraction of sp³-hybridized carbons (Fsp3) is 0.733. The summed E-state index contributed by atoms with van der Waals surface area (Å²) >= 11 is 0. The van der Waals surface area contributed by atoms with E-state index in [9.17, 15) is 4.79 Å². The van der Waals surface area contributed by atoms with Crippen LogP contribution in [-0.4, -0.2) is 59.9 Å². The average Bonchev–Trinajstić information content (AvgIpc) is 3.00. The molecule has 2 rings (SSSR count). The first-order valence-electron chi connectivity index (χ1n) is 7.55. The number of hydrogen-bond acceptors (Lipinski definition) is 4. The monoisotopic (exact) mass is 293 g/mol. The number of aromatic nitrogens is 2. The highest BCUT2D eigenvalue weighted by Crippen LogP contribution is 2.27. The van der Waals surface area contributed by atoms with E-state index in [2.05, 4.69) is 34.5 Å². The van der Waals surface area contributed by atoms with Crippen LogP contribution in [0.2, 0.25) is 0 Å². The smallest absolute Gasteiger partial charge is 0.248 e. The Morgan fingerprint density at radius 2 is 2.10 bits per heavy atom. The first kappa shape index (κ1) is 16.0. The number of nitrogens with one attached hydrogen (secondary N) is 2. The van der Waals surface area contributed by atoms with Gasteiger partial charge in [-0.3, -0.25) is 9.48 Å². The predicted molar refractivity (Wildman–Crippen MR) is 83.1 cm³/mol. The van der Waals surface area contributed by atoms with E-state index in [-0.39, 0.29) is 11.4 Å². The van der Waals surface area contributed by atoms with Crippen molar-refractivity contribution in [2.24, 2.45) is 0 Å². The number of carbonyl (C=O) groups is 1. The normalized spacial score (nSPS) is 18.7. The number of hydrogen-bond donors (Lipinski definition) is 2. The van der Waals surface area contributed by atoms with Gasteiger partial charge in [0.15, 0.2) is 0 Å². The van der Waals surface area contributed by atoms with E-state index in [1.807, 2.05) is 31.0 Å². The van der Waals surface area contributed by atoms with Crippen molar-refractivity contribution in [2.75, 3.05) is 33.7 Å². The van der Waals surface area contributed by atoms with Gasteiger partial charge in [-0.25, -0.2) is 0 Å². The Morgan fingerprint density at radius 3 is 2.62 bits per heavy atom. The van der Waals surface area contributed by atoms with Crippen molar-refractivity contribution in [3.05, 3.63) is 18.5 Å². The third-order valence-corrected chi connectivity index (χ3v) is 4.69. The zero-order valence-corrected chi connectivity index (χ0v) is 13.5. The van der Waals surface area contributed by atoms with Crippen LogP contribution in [0.4, 0.5) is 0 Å². The van der Waals surface area contributed by atoms with Gasteiger partial charge in [-0.15, -0.1) is 0 Å². The molecule has 6 nitrogen and oxygen atoms in total. The highest BCUT2D eigenvalue weighted by Gasteiger charge is 2.42. The standard InChI is InChI=1S/C15H27N5O/c1-14(2,19(3)4)12-17-13(21)15(6-9-16-10-7-15)20-11-5-8-18-20/h5,8,11,16H,6-7,9-10,12H2,1-4H3,(H,17,21). The Labute approximate surface area is 126 Å². The van der Waals surface area contributed by atoms with Gasteiger partial charge in [-0.1, -0.05) is 0 Å². The van der Waals surface area contributed by atoms with Crippen LogP contribution in [-0.2, 0) is 10.3 Å². The molecule has 1 aliphatic heterocycles. The molecule has 0 radical (unpaired) electrons. The summed E-state index contributed by atoms with van der Waals surface area (Å²) in [6, 6.07) is 1.88. The molecule has 118 valence electrons.